The number of rotatable bonds is 11. The minimum Gasteiger partial charge on any atom is -0.481 e. The fraction of sp³-hybridized carbons (Fsp3) is 0.438. The lowest BCUT2D eigenvalue weighted by Crippen LogP contribution is -2.32. The molecule has 0 spiro atoms. The summed E-state index contributed by atoms with van der Waals surface area (Å²) in [4.78, 5) is 52.4. The van der Waals surface area contributed by atoms with E-state index in [-0.39, 0.29) is 31.2 Å². The highest BCUT2D eigenvalue weighted by atomic mass is 35.5. The minimum absolute atomic E-state index is 0.0591. The Balaban J connectivity index is 1.52. The number of benzene rings is 2. The third kappa shape index (κ3) is 8.28. The molecule has 2 aromatic carbocycles. The Morgan fingerprint density at radius 3 is 2.58 bits per heavy atom. The number of aryl methyl sites for hydroxylation is 2. The number of hydrogen-bond acceptors (Lipinski definition) is 6. The summed E-state index contributed by atoms with van der Waals surface area (Å²) < 4.78 is 10.3. The molecule has 4 N–H and O–H groups in total. The van der Waals surface area contributed by atoms with Gasteiger partial charge in [-0.15, -0.1) is 0 Å². The van der Waals surface area contributed by atoms with Crippen LogP contribution < -0.4 is 10.6 Å². The van der Waals surface area contributed by atoms with Gasteiger partial charge in [0.05, 0.1) is 7.11 Å². The Bertz CT molecular complexity index is 1540. The number of H-pyrrole nitrogens is 1. The van der Waals surface area contributed by atoms with Crippen LogP contribution in [-0.4, -0.2) is 46.7 Å². The van der Waals surface area contributed by atoms with Gasteiger partial charge in [0.1, 0.15) is 11.3 Å². The number of aliphatic carboxylic acids is 1. The van der Waals surface area contributed by atoms with Gasteiger partial charge in [-0.25, -0.2) is 9.59 Å². The van der Waals surface area contributed by atoms with Gasteiger partial charge in [-0.3, -0.25) is 9.59 Å². The lowest BCUT2D eigenvalue weighted by molar-refractivity contribution is -0.137. The molecule has 1 atom stereocenters. The van der Waals surface area contributed by atoms with Crippen molar-refractivity contribution >= 4 is 52.1 Å². The molecule has 0 aliphatic heterocycles. The zero-order valence-electron chi connectivity index (χ0n) is 24.9. The van der Waals surface area contributed by atoms with Crippen LogP contribution in [0.25, 0.3) is 10.9 Å². The summed E-state index contributed by atoms with van der Waals surface area (Å²) in [6.45, 7) is 5.60. The van der Waals surface area contributed by atoms with Crippen LogP contribution in [0.2, 0.25) is 5.02 Å². The first-order valence-corrected chi connectivity index (χ1v) is 14.7. The number of hydrogen-bond donors (Lipinski definition) is 4. The number of carbonyl (C=O) groups is 4. The predicted molar refractivity (Wildman–Crippen MR) is 164 cm³/mol. The first kappa shape index (κ1) is 31.9. The van der Waals surface area contributed by atoms with Crippen molar-refractivity contribution in [2.45, 2.75) is 83.8 Å². The molecule has 43 heavy (non-hydrogen) atoms. The molecule has 1 heterocycles. The summed E-state index contributed by atoms with van der Waals surface area (Å²) in [5.41, 5.74) is 4.53. The highest BCUT2D eigenvalue weighted by Gasteiger charge is 2.31. The van der Waals surface area contributed by atoms with Crippen LogP contribution in [0, 0.1) is 0 Å². The molecule has 3 aromatic rings. The molecule has 1 unspecified atom stereocenters. The Kier molecular flexibility index (Phi) is 10.0. The number of amides is 2. The number of alkyl carbamates (subject to hydrolysis) is 1. The van der Waals surface area contributed by atoms with Gasteiger partial charge in [0.25, 0.3) is 0 Å². The number of esters is 1. The molecular weight excluding hydrogens is 574 g/mol. The summed E-state index contributed by atoms with van der Waals surface area (Å²) in [7, 11) is 1.32. The highest BCUT2D eigenvalue weighted by molar-refractivity contribution is 6.31. The Hall–Kier alpha value is -4.05. The number of aromatic amines is 1. The zero-order valence-corrected chi connectivity index (χ0v) is 25.7. The van der Waals surface area contributed by atoms with E-state index in [0.29, 0.717) is 48.5 Å². The highest BCUT2D eigenvalue weighted by Crippen LogP contribution is 2.42. The van der Waals surface area contributed by atoms with Crippen molar-refractivity contribution in [3.05, 3.63) is 63.3 Å². The molecule has 0 radical (unpaired) electrons. The van der Waals surface area contributed by atoms with E-state index in [9.17, 15) is 19.2 Å². The van der Waals surface area contributed by atoms with Crippen molar-refractivity contribution in [1.29, 1.82) is 0 Å². The summed E-state index contributed by atoms with van der Waals surface area (Å²) >= 11 is 6.30. The third-order valence-electron chi connectivity index (χ3n) is 7.34. The van der Waals surface area contributed by atoms with Crippen LogP contribution in [0.4, 0.5) is 10.5 Å². The molecule has 0 saturated heterocycles. The number of halogens is 1. The number of unbranched alkanes of at least 4 members (excludes halogenated alkanes) is 1. The van der Waals surface area contributed by atoms with Crippen molar-refractivity contribution in [2.24, 2.45) is 0 Å². The number of methoxy groups -OCH3 is 1. The maximum absolute atomic E-state index is 13.4. The molecule has 0 bridgehead atoms. The van der Waals surface area contributed by atoms with E-state index in [4.69, 9.17) is 26.2 Å². The molecule has 1 aromatic heterocycles. The molecule has 2 amide bonds. The van der Waals surface area contributed by atoms with E-state index in [1.165, 1.54) is 7.11 Å². The number of ether oxygens (including phenoxy) is 2. The van der Waals surface area contributed by atoms with Gasteiger partial charge in [0.15, 0.2) is 0 Å². The monoisotopic (exact) mass is 611 g/mol. The standard InChI is InChI=1S/C32H38ClN3O7/c1-32(2,3)43-31(41)34-17-18-9-12-23(19(13-18)7-5-6-8-26(38)39)35-25(37)15-21-11-10-20-14-22(33)16-24-27(20)28(21)29(36-24)30(40)42-4/h9,12-14,16,21,36H,5-8,10-11,15,17H2,1-4H3,(H,34,41)(H,35,37)(H,38,39). The van der Waals surface area contributed by atoms with Gasteiger partial charge in [0.2, 0.25) is 5.91 Å². The Morgan fingerprint density at radius 1 is 1.12 bits per heavy atom. The Labute approximate surface area is 255 Å². The van der Waals surface area contributed by atoms with Gasteiger partial charge >= 0.3 is 18.0 Å². The number of carboxylic acid groups (broad SMARTS) is 1. The van der Waals surface area contributed by atoms with Crippen LogP contribution in [0.5, 0.6) is 0 Å². The van der Waals surface area contributed by atoms with Crippen LogP contribution >= 0.6 is 11.6 Å². The van der Waals surface area contributed by atoms with E-state index < -0.39 is 23.6 Å². The van der Waals surface area contributed by atoms with E-state index >= 15 is 0 Å². The van der Waals surface area contributed by atoms with Gasteiger partial charge in [0, 0.05) is 41.0 Å². The van der Waals surface area contributed by atoms with E-state index in [1.807, 2.05) is 18.2 Å². The number of carbonyl (C=O) groups excluding carboxylic acids is 3. The zero-order chi connectivity index (χ0) is 31.3. The van der Waals surface area contributed by atoms with Crippen molar-refractivity contribution in [3.8, 4) is 0 Å². The second-order valence-electron chi connectivity index (χ2n) is 11.8. The van der Waals surface area contributed by atoms with Gasteiger partial charge in [-0.05, 0) is 99.2 Å². The fourth-order valence-corrected chi connectivity index (χ4v) is 5.79. The molecule has 0 saturated carbocycles. The van der Waals surface area contributed by atoms with Crippen molar-refractivity contribution in [1.82, 2.24) is 10.3 Å². The number of aromatic nitrogens is 1. The number of anilines is 1. The van der Waals surface area contributed by atoms with Crippen LogP contribution in [0.15, 0.2) is 30.3 Å². The molecule has 230 valence electrons. The summed E-state index contributed by atoms with van der Waals surface area (Å²) in [6.07, 6.45) is 2.71. The molecular formula is C32H38ClN3O7. The molecule has 11 heteroatoms. The molecule has 1 aliphatic rings. The Morgan fingerprint density at radius 2 is 1.88 bits per heavy atom. The van der Waals surface area contributed by atoms with E-state index in [2.05, 4.69) is 15.6 Å². The van der Waals surface area contributed by atoms with Crippen LogP contribution in [0.3, 0.4) is 0 Å². The maximum atomic E-state index is 13.4. The van der Waals surface area contributed by atoms with Crippen LogP contribution in [-0.2, 0) is 38.4 Å². The quantitative estimate of drug-likeness (QED) is 0.143. The summed E-state index contributed by atoms with van der Waals surface area (Å²) in [5.74, 6) is -1.78. The van der Waals surface area contributed by atoms with Gasteiger partial charge in [-0.1, -0.05) is 23.7 Å². The predicted octanol–water partition coefficient (Wildman–Crippen LogP) is 6.49. The molecule has 10 nitrogen and oxygen atoms in total. The summed E-state index contributed by atoms with van der Waals surface area (Å²) in [6, 6.07) is 9.19. The van der Waals surface area contributed by atoms with Crippen molar-refractivity contribution < 1.29 is 33.8 Å². The normalized spacial score (nSPS) is 14.3. The average Bonchev–Trinajstić information content (AvgIpc) is 3.31. The third-order valence-corrected chi connectivity index (χ3v) is 7.56. The van der Waals surface area contributed by atoms with Crippen molar-refractivity contribution in [2.75, 3.05) is 12.4 Å². The smallest absolute Gasteiger partial charge is 0.407 e. The number of carboxylic acids is 1. The lowest BCUT2D eigenvalue weighted by atomic mass is 9.81. The fourth-order valence-electron chi connectivity index (χ4n) is 5.54. The topological polar surface area (TPSA) is 147 Å². The molecule has 1 aliphatic carbocycles. The first-order valence-electron chi connectivity index (χ1n) is 14.4. The second-order valence-corrected chi connectivity index (χ2v) is 12.3. The van der Waals surface area contributed by atoms with Crippen LogP contribution in [0.1, 0.15) is 91.5 Å². The lowest BCUT2D eigenvalue weighted by Gasteiger charge is -2.24. The SMILES string of the molecule is COC(=O)c1[nH]c2cc(Cl)cc3c2c1C(CC(=O)Nc1ccc(CNC(=O)OC(C)(C)C)cc1CCCCC(=O)O)CC3. The van der Waals surface area contributed by atoms with E-state index in [0.717, 1.165) is 33.2 Å². The van der Waals surface area contributed by atoms with Gasteiger partial charge in [-0.2, -0.15) is 0 Å². The largest absolute Gasteiger partial charge is 0.481 e. The minimum atomic E-state index is -0.856. The molecule has 4 rings (SSSR count). The van der Waals surface area contributed by atoms with Gasteiger partial charge < -0.3 is 30.2 Å². The first-order chi connectivity index (χ1) is 20.3. The maximum Gasteiger partial charge on any atom is 0.407 e. The number of nitrogens with one attached hydrogen (secondary N) is 3. The average molecular weight is 612 g/mol. The molecule has 0 fully saturated rings. The van der Waals surface area contributed by atoms with E-state index in [1.54, 1.807) is 32.9 Å². The summed E-state index contributed by atoms with van der Waals surface area (Å²) in [5, 5.41) is 16.3. The second kappa shape index (κ2) is 13.5. The van der Waals surface area contributed by atoms with Crippen molar-refractivity contribution in [3.63, 3.8) is 0 Å².